The second-order valence-corrected chi connectivity index (χ2v) is 9.41. The van der Waals surface area contributed by atoms with Crippen LogP contribution in [0.4, 0.5) is 18.2 Å². The third-order valence-electron chi connectivity index (χ3n) is 5.02. The highest BCUT2D eigenvalue weighted by atomic mass is 35.5. The van der Waals surface area contributed by atoms with Gasteiger partial charge in [-0.05, 0) is 46.1 Å². The summed E-state index contributed by atoms with van der Waals surface area (Å²) in [6.07, 6.45) is -3.98. The number of rotatable bonds is 7. The smallest absolute Gasteiger partial charge is 0.436 e. The van der Waals surface area contributed by atoms with Gasteiger partial charge in [0.2, 0.25) is 5.91 Å². The molecular formula is C20H22ClF3N4O4S. The highest BCUT2D eigenvalue weighted by Crippen LogP contribution is 2.47. The van der Waals surface area contributed by atoms with Crippen LogP contribution in [0.25, 0.3) is 0 Å². The average Bonchev–Trinajstić information content (AvgIpc) is 3.37. The van der Waals surface area contributed by atoms with Gasteiger partial charge in [0.05, 0.1) is 27.3 Å². The molecule has 3 rings (SSSR count). The van der Waals surface area contributed by atoms with Gasteiger partial charge < -0.3 is 15.8 Å². The Morgan fingerprint density at radius 2 is 1.88 bits per heavy atom. The average molecular weight is 507 g/mol. The van der Waals surface area contributed by atoms with E-state index in [1.54, 1.807) is 13.8 Å². The minimum absolute atomic E-state index is 0.00562. The molecule has 0 aromatic carbocycles. The van der Waals surface area contributed by atoms with E-state index in [2.05, 4.69) is 10.4 Å². The van der Waals surface area contributed by atoms with Crippen molar-refractivity contribution < 1.29 is 32.3 Å². The predicted molar refractivity (Wildman–Crippen MR) is 116 cm³/mol. The van der Waals surface area contributed by atoms with Crippen molar-refractivity contribution in [3.63, 3.8) is 0 Å². The quantitative estimate of drug-likeness (QED) is 0.529. The van der Waals surface area contributed by atoms with Crippen LogP contribution in [0.1, 0.15) is 82.6 Å². The van der Waals surface area contributed by atoms with Crippen LogP contribution >= 0.6 is 22.9 Å². The summed E-state index contributed by atoms with van der Waals surface area (Å²) < 4.78 is 46.2. The van der Waals surface area contributed by atoms with Crippen LogP contribution in [0.2, 0.25) is 5.02 Å². The summed E-state index contributed by atoms with van der Waals surface area (Å²) in [4.78, 5) is 37.4. The van der Waals surface area contributed by atoms with E-state index in [1.165, 1.54) is 13.8 Å². The minimum atomic E-state index is -4.78. The van der Waals surface area contributed by atoms with E-state index in [0.29, 0.717) is 12.8 Å². The third-order valence-corrected chi connectivity index (χ3v) is 6.61. The molecule has 13 heteroatoms. The van der Waals surface area contributed by atoms with Gasteiger partial charge >= 0.3 is 12.1 Å². The van der Waals surface area contributed by atoms with Gasteiger partial charge in [-0.1, -0.05) is 11.6 Å². The molecule has 2 amide bonds. The first-order chi connectivity index (χ1) is 15.2. The molecule has 0 saturated heterocycles. The van der Waals surface area contributed by atoms with Crippen molar-refractivity contribution in [1.29, 1.82) is 0 Å². The maximum atomic E-state index is 13.4. The minimum Gasteiger partial charge on any atom is -0.459 e. The number of ether oxygens (including phenoxy) is 1. The van der Waals surface area contributed by atoms with E-state index in [4.69, 9.17) is 22.1 Å². The van der Waals surface area contributed by atoms with Crippen LogP contribution in [-0.2, 0) is 15.7 Å². The first-order valence-corrected chi connectivity index (χ1v) is 11.2. The second kappa shape index (κ2) is 8.98. The molecule has 0 radical (unpaired) electrons. The van der Waals surface area contributed by atoms with Crippen LogP contribution in [0, 0.1) is 6.92 Å². The van der Waals surface area contributed by atoms with Crippen LogP contribution in [0.3, 0.4) is 0 Å². The summed E-state index contributed by atoms with van der Waals surface area (Å²) in [5, 5.41) is 5.59. The van der Waals surface area contributed by atoms with Gasteiger partial charge in [-0.25, -0.2) is 4.79 Å². The van der Waals surface area contributed by atoms with Crippen LogP contribution in [-0.4, -0.2) is 33.7 Å². The van der Waals surface area contributed by atoms with Crippen molar-refractivity contribution in [2.45, 2.75) is 64.8 Å². The monoisotopic (exact) mass is 506 g/mol. The Morgan fingerprint density at radius 1 is 1.27 bits per heavy atom. The number of nitrogens with two attached hydrogens (primary N) is 1. The Labute approximate surface area is 196 Å². The maximum Gasteiger partial charge on any atom is 0.436 e. The van der Waals surface area contributed by atoms with Crippen molar-refractivity contribution >= 4 is 45.7 Å². The fraction of sp³-hybridized carbons (Fsp3) is 0.500. The molecule has 0 spiro atoms. The molecule has 1 aliphatic rings. The van der Waals surface area contributed by atoms with Gasteiger partial charge in [0.25, 0.3) is 5.91 Å². The molecule has 1 fully saturated rings. The van der Waals surface area contributed by atoms with Gasteiger partial charge in [-0.3, -0.25) is 14.3 Å². The van der Waals surface area contributed by atoms with E-state index in [0.717, 1.165) is 16.0 Å². The molecule has 1 aliphatic carbocycles. The Bertz CT molecular complexity index is 1120. The molecule has 1 saturated carbocycles. The number of nitrogens with one attached hydrogen (secondary N) is 1. The summed E-state index contributed by atoms with van der Waals surface area (Å²) in [7, 11) is 0. The lowest BCUT2D eigenvalue weighted by Crippen LogP contribution is -2.26. The Hall–Kier alpha value is -2.60. The van der Waals surface area contributed by atoms with Crippen LogP contribution < -0.4 is 11.1 Å². The third kappa shape index (κ3) is 5.01. The molecule has 0 bridgehead atoms. The molecule has 8 nitrogen and oxygen atoms in total. The second-order valence-electron chi connectivity index (χ2n) is 8.01. The molecule has 3 N–H and O–H groups in total. The first kappa shape index (κ1) is 25.0. The lowest BCUT2D eigenvalue weighted by Gasteiger charge is -2.16. The van der Waals surface area contributed by atoms with Crippen LogP contribution in [0.15, 0.2) is 0 Å². The number of hydrogen-bond acceptors (Lipinski definition) is 6. The van der Waals surface area contributed by atoms with E-state index in [-0.39, 0.29) is 32.6 Å². The lowest BCUT2D eigenvalue weighted by atomic mass is 10.1. The molecule has 180 valence electrons. The van der Waals surface area contributed by atoms with Gasteiger partial charge in [0.15, 0.2) is 5.69 Å². The first-order valence-electron chi connectivity index (χ1n) is 10.0. The number of anilines is 1. The summed E-state index contributed by atoms with van der Waals surface area (Å²) >= 11 is 6.77. The summed E-state index contributed by atoms with van der Waals surface area (Å²) in [5.74, 6) is -2.54. The molecule has 1 unspecified atom stereocenters. The van der Waals surface area contributed by atoms with Crippen molar-refractivity contribution in [1.82, 2.24) is 9.78 Å². The van der Waals surface area contributed by atoms with Crippen molar-refractivity contribution in [3.8, 4) is 0 Å². The highest BCUT2D eigenvalue weighted by molar-refractivity contribution is 7.18. The number of halogens is 4. The number of carbonyl (C=O) groups excluding carboxylic acids is 3. The largest absolute Gasteiger partial charge is 0.459 e. The zero-order chi connectivity index (χ0) is 24.8. The number of hydrogen-bond donors (Lipinski definition) is 2. The summed E-state index contributed by atoms with van der Waals surface area (Å²) in [5.41, 5.74) is 4.46. The molecule has 2 aromatic heterocycles. The number of nitrogens with zero attached hydrogens (tertiary/aromatic N) is 2. The van der Waals surface area contributed by atoms with Gasteiger partial charge in [0, 0.05) is 5.92 Å². The number of alkyl halides is 3. The van der Waals surface area contributed by atoms with Crippen LogP contribution in [0.5, 0.6) is 0 Å². The van der Waals surface area contributed by atoms with Crippen molar-refractivity contribution in [3.05, 3.63) is 32.4 Å². The molecule has 2 aromatic rings. The lowest BCUT2D eigenvalue weighted by molar-refractivity contribution is -0.141. The van der Waals surface area contributed by atoms with Gasteiger partial charge in [0.1, 0.15) is 11.0 Å². The predicted octanol–water partition coefficient (Wildman–Crippen LogP) is 4.67. The standard InChI is InChI=1S/C20H22ClF3N4O4S/c1-7(2)32-19(31)11-8(3)14(16(25)29)33-18(11)26-17(30)9(4)28-13(10-5-6-10)12(21)15(27-28)20(22,23)24/h7,9-10H,5-6H2,1-4H3,(H2,25,29)(H,26,30). The van der Waals surface area contributed by atoms with E-state index < -0.39 is 46.8 Å². The molecule has 2 heterocycles. The van der Waals surface area contributed by atoms with E-state index in [1.807, 2.05) is 0 Å². The van der Waals surface area contributed by atoms with Gasteiger partial charge in [-0.15, -0.1) is 11.3 Å². The molecular weight excluding hydrogens is 485 g/mol. The molecule has 0 aliphatic heterocycles. The Balaban J connectivity index is 1.97. The van der Waals surface area contributed by atoms with E-state index in [9.17, 15) is 27.6 Å². The fourth-order valence-corrected chi connectivity index (χ4v) is 4.75. The topological polar surface area (TPSA) is 116 Å². The normalized spacial score (nSPS) is 14.9. The number of amides is 2. The number of carbonyl (C=O) groups is 3. The van der Waals surface area contributed by atoms with Crippen molar-refractivity contribution in [2.75, 3.05) is 5.32 Å². The summed E-state index contributed by atoms with van der Waals surface area (Å²) in [6.45, 7) is 6.12. The number of thiophene rings is 1. The Morgan fingerprint density at radius 3 is 2.36 bits per heavy atom. The zero-order valence-electron chi connectivity index (χ0n) is 18.2. The van der Waals surface area contributed by atoms with E-state index >= 15 is 0 Å². The Kier molecular flexibility index (Phi) is 6.81. The molecule has 33 heavy (non-hydrogen) atoms. The summed E-state index contributed by atoms with van der Waals surface area (Å²) in [6, 6.07) is -1.19. The SMILES string of the molecule is Cc1c(C(N)=O)sc(NC(=O)C(C)n2nc(C(F)(F)F)c(Cl)c2C2CC2)c1C(=O)OC(C)C. The fourth-order valence-electron chi connectivity index (χ4n) is 3.31. The highest BCUT2D eigenvalue weighted by Gasteiger charge is 2.43. The number of aromatic nitrogens is 2. The van der Waals surface area contributed by atoms with Crippen molar-refractivity contribution in [2.24, 2.45) is 5.73 Å². The molecule has 1 atom stereocenters. The number of primary amides is 1. The maximum absolute atomic E-state index is 13.4. The zero-order valence-corrected chi connectivity index (χ0v) is 19.7. The van der Waals surface area contributed by atoms with Gasteiger partial charge in [-0.2, -0.15) is 18.3 Å². The number of esters is 1.